The Labute approximate surface area is 93.0 Å². The average molecular weight is 222 g/mol. The molecule has 2 rings (SSSR count). The molecule has 0 saturated heterocycles. The van der Waals surface area contributed by atoms with E-state index in [9.17, 15) is 0 Å². The third kappa shape index (κ3) is 2.43. The van der Waals surface area contributed by atoms with E-state index in [-0.39, 0.29) is 0 Å². The van der Waals surface area contributed by atoms with Crippen LogP contribution < -0.4 is 5.32 Å². The van der Waals surface area contributed by atoms with E-state index < -0.39 is 0 Å². The summed E-state index contributed by atoms with van der Waals surface area (Å²) in [6, 6.07) is 2.00. The van der Waals surface area contributed by atoms with Gasteiger partial charge in [-0.1, -0.05) is 0 Å². The second-order valence-electron chi connectivity index (χ2n) is 3.39. The fourth-order valence-corrected chi connectivity index (χ4v) is 2.17. The third-order valence-corrected chi connectivity index (χ3v) is 3.07. The Kier molecular flexibility index (Phi) is 3.13. The minimum atomic E-state index is 0.763. The van der Waals surface area contributed by atoms with Gasteiger partial charge in [-0.3, -0.25) is 4.68 Å². The summed E-state index contributed by atoms with van der Waals surface area (Å²) in [6.45, 7) is 3.65. The summed E-state index contributed by atoms with van der Waals surface area (Å²) in [5, 5.41) is 10.5. The van der Waals surface area contributed by atoms with Crippen molar-refractivity contribution in [2.24, 2.45) is 0 Å². The molecule has 2 heterocycles. The molecule has 80 valence electrons. The van der Waals surface area contributed by atoms with Crippen molar-refractivity contribution in [2.75, 3.05) is 7.05 Å². The van der Waals surface area contributed by atoms with E-state index in [1.807, 2.05) is 30.9 Å². The number of nitrogens with zero attached hydrogens (tertiary/aromatic N) is 3. The number of aromatic nitrogens is 3. The molecule has 0 bridgehead atoms. The number of hydrogen-bond donors (Lipinski definition) is 1. The molecule has 2 aromatic heterocycles. The molecular weight excluding hydrogens is 208 g/mol. The molecule has 5 heteroatoms. The Morgan fingerprint density at radius 3 is 3.07 bits per heavy atom. The van der Waals surface area contributed by atoms with E-state index in [4.69, 9.17) is 0 Å². The van der Waals surface area contributed by atoms with Crippen molar-refractivity contribution in [3.63, 3.8) is 0 Å². The summed E-state index contributed by atoms with van der Waals surface area (Å²) < 4.78 is 1.96. The molecule has 0 atom stereocenters. The van der Waals surface area contributed by atoms with Crippen LogP contribution in [-0.2, 0) is 13.1 Å². The van der Waals surface area contributed by atoms with Crippen molar-refractivity contribution < 1.29 is 0 Å². The van der Waals surface area contributed by atoms with Crippen molar-refractivity contribution in [3.05, 3.63) is 34.0 Å². The van der Waals surface area contributed by atoms with Crippen molar-refractivity contribution in [1.82, 2.24) is 20.1 Å². The molecule has 0 saturated carbocycles. The Bertz CT molecular complexity index is 432. The van der Waals surface area contributed by atoms with Gasteiger partial charge in [0.1, 0.15) is 5.01 Å². The van der Waals surface area contributed by atoms with Crippen molar-refractivity contribution >= 4 is 11.3 Å². The zero-order chi connectivity index (χ0) is 10.7. The van der Waals surface area contributed by atoms with Gasteiger partial charge in [0, 0.05) is 23.8 Å². The van der Waals surface area contributed by atoms with Crippen LogP contribution in [0.25, 0.3) is 0 Å². The maximum absolute atomic E-state index is 4.51. The van der Waals surface area contributed by atoms with Crippen molar-refractivity contribution in [3.8, 4) is 0 Å². The lowest BCUT2D eigenvalue weighted by Gasteiger charge is -2.00. The summed E-state index contributed by atoms with van der Waals surface area (Å²) in [7, 11) is 1.93. The van der Waals surface area contributed by atoms with Gasteiger partial charge in [0.2, 0.25) is 0 Å². The van der Waals surface area contributed by atoms with Crippen LogP contribution in [0.15, 0.2) is 17.6 Å². The fourth-order valence-electron chi connectivity index (χ4n) is 1.37. The topological polar surface area (TPSA) is 42.7 Å². The molecule has 0 aliphatic heterocycles. The molecule has 0 aromatic carbocycles. The maximum atomic E-state index is 4.51. The second kappa shape index (κ2) is 4.55. The van der Waals surface area contributed by atoms with E-state index >= 15 is 0 Å². The van der Waals surface area contributed by atoms with Crippen LogP contribution in [0.4, 0.5) is 0 Å². The van der Waals surface area contributed by atoms with Crippen LogP contribution in [0, 0.1) is 6.92 Å². The highest BCUT2D eigenvalue weighted by Crippen LogP contribution is 2.11. The Hall–Kier alpha value is -1.20. The monoisotopic (exact) mass is 222 g/mol. The minimum Gasteiger partial charge on any atom is -0.314 e. The lowest BCUT2D eigenvalue weighted by Crippen LogP contribution is -2.06. The Balaban J connectivity index is 2.08. The molecule has 0 amide bonds. The second-order valence-corrected chi connectivity index (χ2v) is 4.34. The first-order chi connectivity index (χ1) is 7.29. The Morgan fingerprint density at radius 1 is 1.53 bits per heavy atom. The lowest BCUT2D eigenvalue weighted by atomic mass is 10.4. The first-order valence-electron chi connectivity index (χ1n) is 4.86. The number of aryl methyl sites for hydroxylation is 1. The first kappa shape index (κ1) is 10.3. The molecule has 0 unspecified atom stereocenters. The molecule has 0 radical (unpaired) electrons. The summed E-state index contributed by atoms with van der Waals surface area (Å²) in [5.41, 5.74) is 2.25. The van der Waals surface area contributed by atoms with Gasteiger partial charge in [0.05, 0.1) is 12.2 Å². The first-order valence-corrected chi connectivity index (χ1v) is 5.74. The third-order valence-electron chi connectivity index (χ3n) is 2.17. The summed E-state index contributed by atoms with van der Waals surface area (Å²) in [5.74, 6) is 0. The SMILES string of the molecule is CNCc1nc(Cn2nccc2C)cs1. The number of rotatable bonds is 4. The van der Waals surface area contributed by atoms with E-state index in [1.54, 1.807) is 11.3 Å². The predicted molar refractivity (Wildman–Crippen MR) is 60.9 cm³/mol. The molecule has 0 spiro atoms. The van der Waals surface area contributed by atoms with Crippen molar-refractivity contribution in [2.45, 2.75) is 20.0 Å². The van der Waals surface area contributed by atoms with Crippen LogP contribution in [-0.4, -0.2) is 21.8 Å². The highest BCUT2D eigenvalue weighted by atomic mass is 32.1. The molecule has 2 aromatic rings. The van der Waals surface area contributed by atoms with Gasteiger partial charge in [-0.25, -0.2) is 4.98 Å². The lowest BCUT2D eigenvalue weighted by molar-refractivity contribution is 0.652. The van der Waals surface area contributed by atoms with Gasteiger partial charge in [0.25, 0.3) is 0 Å². The van der Waals surface area contributed by atoms with Gasteiger partial charge in [-0.2, -0.15) is 5.10 Å². The fraction of sp³-hybridized carbons (Fsp3) is 0.400. The van der Waals surface area contributed by atoms with E-state index in [2.05, 4.69) is 20.8 Å². The maximum Gasteiger partial charge on any atom is 0.107 e. The highest BCUT2D eigenvalue weighted by Gasteiger charge is 2.03. The Morgan fingerprint density at radius 2 is 2.40 bits per heavy atom. The molecule has 0 aliphatic rings. The van der Waals surface area contributed by atoms with Gasteiger partial charge >= 0.3 is 0 Å². The molecule has 0 aliphatic carbocycles. The molecule has 15 heavy (non-hydrogen) atoms. The van der Waals surface area contributed by atoms with Crippen LogP contribution in [0.2, 0.25) is 0 Å². The van der Waals surface area contributed by atoms with E-state index in [0.717, 1.165) is 29.5 Å². The van der Waals surface area contributed by atoms with Gasteiger partial charge < -0.3 is 5.32 Å². The zero-order valence-corrected chi connectivity index (χ0v) is 9.71. The highest BCUT2D eigenvalue weighted by molar-refractivity contribution is 7.09. The summed E-state index contributed by atoms with van der Waals surface area (Å²) in [4.78, 5) is 4.51. The van der Waals surface area contributed by atoms with Crippen LogP contribution in [0.5, 0.6) is 0 Å². The van der Waals surface area contributed by atoms with Crippen LogP contribution >= 0.6 is 11.3 Å². The van der Waals surface area contributed by atoms with Gasteiger partial charge in [0.15, 0.2) is 0 Å². The number of nitrogens with one attached hydrogen (secondary N) is 1. The quantitative estimate of drug-likeness (QED) is 0.850. The number of hydrogen-bond acceptors (Lipinski definition) is 4. The van der Waals surface area contributed by atoms with E-state index in [1.165, 1.54) is 0 Å². The molecular formula is C10H14N4S. The smallest absolute Gasteiger partial charge is 0.107 e. The summed E-state index contributed by atoms with van der Waals surface area (Å²) >= 11 is 1.69. The standard InChI is InChI=1S/C10H14N4S/c1-8-3-4-12-14(8)6-9-7-15-10(13-9)5-11-2/h3-4,7,11H,5-6H2,1-2H3. The largest absolute Gasteiger partial charge is 0.314 e. The van der Waals surface area contributed by atoms with E-state index in [0.29, 0.717) is 0 Å². The molecule has 0 fully saturated rings. The average Bonchev–Trinajstić information content (AvgIpc) is 2.79. The normalized spacial score (nSPS) is 10.8. The minimum absolute atomic E-state index is 0.763. The van der Waals surface area contributed by atoms with Crippen LogP contribution in [0.3, 0.4) is 0 Å². The molecule has 4 nitrogen and oxygen atoms in total. The predicted octanol–water partition coefficient (Wildman–Crippen LogP) is 1.42. The van der Waals surface area contributed by atoms with Crippen LogP contribution in [0.1, 0.15) is 16.4 Å². The van der Waals surface area contributed by atoms with Crippen molar-refractivity contribution in [1.29, 1.82) is 0 Å². The molecule has 1 N–H and O–H groups in total. The number of thiazole rings is 1. The zero-order valence-electron chi connectivity index (χ0n) is 8.90. The van der Waals surface area contributed by atoms with Gasteiger partial charge in [-0.05, 0) is 20.0 Å². The van der Waals surface area contributed by atoms with Gasteiger partial charge in [-0.15, -0.1) is 11.3 Å². The summed E-state index contributed by atoms with van der Waals surface area (Å²) in [6.07, 6.45) is 1.82.